The number of benzene rings is 1. The standard InChI is InChI=1S/C21H21N3O5/c1-13-4-3-7-22-16(13)8-14(2)23-21(25)17-10-27-20(24-17)11-26-15-5-6-18-19(9-15)29-12-28-18/h3-7,9-10,14H,8,11-12H2,1-2H3,(H,23,25). The van der Waals surface area contributed by atoms with Gasteiger partial charge >= 0.3 is 0 Å². The highest BCUT2D eigenvalue weighted by molar-refractivity contribution is 5.92. The van der Waals surface area contributed by atoms with E-state index in [1.165, 1.54) is 6.26 Å². The van der Waals surface area contributed by atoms with Crippen molar-refractivity contribution in [1.82, 2.24) is 15.3 Å². The van der Waals surface area contributed by atoms with Crippen molar-refractivity contribution in [2.45, 2.75) is 32.9 Å². The van der Waals surface area contributed by atoms with Gasteiger partial charge in [-0.2, -0.15) is 0 Å². The Morgan fingerprint density at radius 2 is 2.14 bits per heavy atom. The summed E-state index contributed by atoms with van der Waals surface area (Å²) >= 11 is 0. The minimum absolute atomic E-state index is 0.0929. The molecular weight excluding hydrogens is 374 g/mol. The summed E-state index contributed by atoms with van der Waals surface area (Å²) in [5, 5.41) is 2.91. The van der Waals surface area contributed by atoms with Crippen LogP contribution in [0.5, 0.6) is 17.2 Å². The Balaban J connectivity index is 1.31. The number of pyridine rings is 1. The van der Waals surface area contributed by atoms with Crippen LogP contribution in [0.25, 0.3) is 0 Å². The third kappa shape index (κ3) is 4.48. The van der Waals surface area contributed by atoms with E-state index in [-0.39, 0.29) is 31.0 Å². The molecule has 0 fully saturated rings. The maximum absolute atomic E-state index is 12.4. The number of hydrogen-bond donors (Lipinski definition) is 1. The topological polar surface area (TPSA) is 95.7 Å². The fraction of sp³-hybridized carbons (Fsp3) is 0.286. The van der Waals surface area contributed by atoms with E-state index in [2.05, 4.69) is 15.3 Å². The van der Waals surface area contributed by atoms with Gasteiger partial charge in [-0.15, -0.1) is 0 Å². The van der Waals surface area contributed by atoms with Crippen molar-refractivity contribution in [2.24, 2.45) is 0 Å². The summed E-state index contributed by atoms with van der Waals surface area (Å²) in [7, 11) is 0. The van der Waals surface area contributed by atoms with E-state index in [9.17, 15) is 4.79 Å². The maximum Gasteiger partial charge on any atom is 0.273 e. The predicted molar refractivity (Wildman–Crippen MR) is 103 cm³/mol. The van der Waals surface area contributed by atoms with Crippen LogP contribution in [0.3, 0.4) is 0 Å². The van der Waals surface area contributed by atoms with Crippen molar-refractivity contribution in [2.75, 3.05) is 6.79 Å². The molecule has 1 atom stereocenters. The minimum atomic E-state index is -0.302. The first-order valence-corrected chi connectivity index (χ1v) is 9.26. The summed E-state index contributed by atoms with van der Waals surface area (Å²) in [6, 6.07) is 9.08. The molecule has 1 aliphatic rings. The van der Waals surface area contributed by atoms with Gasteiger partial charge in [0.2, 0.25) is 12.7 Å². The highest BCUT2D eigenvalue weighted by Crippen LogP contribution is 2.35. The maximum atomic E-state index is 12.4. The van der Waals surface area contributed by atoms with E-state index in [1.54, 1.807) is 24.4 Å². The lowest BCUT2D eigenvalue weighted by Crippen LogP contribution is -2.34. The van der Waals surface area contributed by atoms with Gasteiger partial charge in [0.25, 0.3) is 5.91 Å². The van der Waals surface area contributed by atoms with Gasteiger partial charge in [0, 0.05) is 30.4 Å². The molecule has 8 nitrogen and oxygen atoms in total. The molecule has 0 bridgehead atoms. The van der Waals surface area contributed by atoms with Crippen LogP contribution in [-0.4, -0.2) is 28.7 Å². The molecule has 1 amide bonds. The molecule has 29 heavy (non-hydrogen) atoms. The Bertz CT molecular complexity index is 1020. The molecule has 150 valence electrons. The van der Waals surface area contributed by atoms with Gasteiger partial charge in [0.05, 0.1) is 0 Å². The average molecular weight is 395 g/mol. The van der Waals surface area contributed by atoms with E-state index in [4.69, 9.17) is 18.6 Å². The molecule has 1 N–H and O–H groups in total. The lowest BCUT2D eigenvalue weighted by atomic mass is 10.1. The summed E-state index contributed by atoms with van der Waals surface area (Å²) in [4.78, 5) is 21.0. The number of aryl methyl sites for hydroxylation is 1. The fourth-order valence-electron chi connectivity index (χ4n) is 2.96. The van der Waals surface area contributed by atoms with Crippen molar-refractivity contribution in [1.29, 1.82) is 0 Å². The Kier molecular flexibility index (Phi) is 5.33. The lowest BCUT2D eigenvalue weighted by molar-refractivity contribution is 0.0934. The lowest BCUT2D eigenvalue weighted by Gasteiger charge is -2.13. The molecule has 1 aromatic carbocycles. The molecule has 1 aliphatic heterocycles. The van der Waals surface area contributed by atoms with Crippen molar-refractivity contribution >= 4 is 5.91 Å². The van der Waals surface area contributed by atoms with Crippen molar-refractivity contribution in [3.8, 4) is 17.2 Å². The molecule has 0 aliphatic carbocycles. The Labute approximate surface area is 167 Å². The van der Waals surface area contributed by atoms with E-state index in [1.807, 2.05) is 26.0 Å². The molecular formula is C21H21N3O5. The first-order chi connectivity index (χ1) is 14.1. The number of nitrogens with zero attached hydrogens (tertiary/aromatic N) is 2. The summed E-state index contributed by atoms with van der Waals surface area (Å²) in [6.07, 6.45) is 3.71. The highest BCUT2D eigenvalue weighted by Gasteiger charge is 2.17. The zero-order chi connectivity index (χ0) is 20.2. The summed E-state index contributed by atoms with van der Waals surface area (Å²) in [5.74, 6) is 1.91. The summed E-state index contributed by atoms with van der Waals surface area (Å²) < 4.78 is 21.6. The molecule has 2 aromatic heterocycles. The average Bonchev–Trinajstić information content (AvgIpc) is 3.37. The number of ether oxygens (including phenoxy) is 3. The fourth-order valence-corrected chi connectivity index (χ4v) is 2.96. The van der Waals surface area contributed by atoms with Gasteiger partial charge in [0.15, 0.2) is 23.8 Å². The Morgan fingerprint density at radius 3 is 3.00 bits per heavy atom. The number of aromatic nitrogens is 2. The first-order valence-electron chi connectivity index (χ1n) is 9.26. The second-order valence-corrected chi connectivity index (χ2v) is 6.78. The van der Waals surface area contributed by atoms with Gasteiger partial charge in [-0.05, 0) is 37.6 Å². The number of oxazole rings is 1. The second kappa shape index (κ2) is 8.22. The van der Waals surface area contributed by atoms with E-state index < -0.39 is 0 Å². The van der Waals surface area contributed by atoms with Gasteiger partial charge in [0.1, 0.15) is 12.0 Å². The van der Waals surface area contributed by atoms with Gasteiger partial charge < -0.3 is 23.9 Å². The van der Waals surface area contributed by atoms with Crippen LogP contribution >= 0.6 is 0 Å². The van der Waals surface area contributed by atoms with E-state index in [0.29, 0.717) is 29.6 Å². The molecule has 0 spiro atoms. The number of nitrogens with one attached hydrogen (secondary N) is 1. The van der Waals surface area contributed by atoms with Crippen molar-refractivity contribution < 1.29 is 23.4 Å². The molecule has 8 heteroatoms. The van der Waals surface area contributed by atoms with Gasteiger partial charge in [-0.3, -0.25) is 9.78 Å². The monoisotopic (exact) mass is 395 g/mol. The van der Waals surface area contributed by atoms with Gasteiger partial charge in [-0.25, -0.2) is 4.98 Å². The first kappa shape index (κ1) is 18.8. The quantitative estimate of drug-likeness (QED) is 0.657. The van der Waals surface area contributed by atoms with Crippen molar-refractivity contribution in [3.63, 3.8) is 0 Å². The number of hydrogen-bond acceptors (Lipinski definition) is 7. The van der Waals surface area contributed by atoms with Gasteiger partial charge in [-0.1, -0.05) is 6.07 Å². The minimum Gasteiger partial charge on any atom is -0.484 e. The van der Waals surface area contributed by atoms with E-state index >= 15 is 0 Å². The zero-order valence-corrected chi connectivity index (χ0v) is 16.2. The number of carbonyl (C=O) groups excluding carboxylic acids is 1. The van der Waals surface area contributed by atoms with Crippen LogP contribution in [0.1, 0.15) is 34.6 Å². The number of amides is 1. The van der Waals surface area contributed by atoms with Crippen molar-refractivity contribution in [3.05, 3.63) is 65.6 Å². The molecule has 4 rings (SSSR count). The second-order valence-electron chi connectivity index (χ2n) is 6.78. The predicted octanol–water partition coefficient (Wildman–Crippen LogP) is 3.05. The smallest absolute Gasteiger partial charge is 0.273 e. The van der Waals surface area contributed by atoms with Crippen LogP contribution in [-0.2, 0) is 13.0 Å². The van der Waals surface area contributed by atoms with Crippen LogP contribution in [0.4, 0.5) is 0 Å². The Morgan fingerprint density at radius 1 is 1.28 bits per heavy atom. The molecule has 3 heterocycles. The SMILES string of the molecule is Cc1cccnc1CC(C)NC(=O)c1coc(COc2ccc3c(c2)OCO3)n1. The number of carbonyl (C=O) groups is 1. The zero-order valence-electron chi connectivity index (χ0n) is 16.2. The van der Waals surface area contributed by atoms with Crippen LogP contribution in [0.2, 0.25) is 0 Å². The highest BCUT2D eigenvalue weighted by atomic mass is 16.7. The molecule has 0 saturated carbocycles. The third-order valence-corrected chi connectivity index (χ3v) is 4.49. The number of rotatable bonds is 7. The Hall–Kier alpha value is -3.55. The number of fused-ring (bicyclic) bond motifs is 1. The molecule has 1 unspecified atom stereocenters. The van der Waals surface area contributed by atoms with Crippen LogP contribution in [0.15, 0.2) is 47.2 Å². The summed E-state index contributed by atoms with van der Waals surface area (Å²) in [6.45, 7) is 4.22. The van der Waals surface area contributed by atoms with Crippen LogP contribution in [0, 0.1) is 6.92 Å². The summed E-state index contributed by atoms with van der Waals surface area (Å²) in [5.41, 5.74) is 2.26. The molecule has 0 saturated heterocycles. The molecule has 3 aromatic rings. The largest absolute Gasteiger partial charge is 0.484 e. The molecule has 0 radical (unpaired) electrons. The normalized spacial score (nSPS) is 13.2. The van der Waals surface area contributed by atoms with Crippen LogP contribution < -0.4 is 19.5 Å². The third-order valence-electron chi connectivity index (χ3n) is 4.49. The van der Waals surface area contributed by atoms with E-state index in [0.717, 1.165) is 11.3 Å².